The molecule has 0 bridgehead atoms. The first kappa shape index (κ1) is 31.0. The number of aliphatic hydroxyl groups is 6. The van der Waals surface area contributed by atoms with Crippen LogP contribution in [-0.2, 0) is 9.47 Å². The smallest absolute Gasteiger partial charge is 0.207 e. The zero-order valence-corrected chi connectivity index (χ0v) is 24.0. The molecule has 45 heavy (non-hydrogen) atoms. The first-order valence-corrected chi connectivity index (χ1v) is 14.4. The summed E-state index contributed by atoms with van der Waals surface area (Å²) >= 11 is 0. The molecule has 0 radical (unpaired) electrons. The van der Waals surface area contributed by atoms with Crippen LogP contribution in [0, 0.1) is 0 Å². The minimum absolute atomic E-state index is 0.135. The first-order valence-electron chi connectivity index (χ1n) is 14.4. The van der Waals surface area contributed by atoms with Crippen molar-refractivity contribution in [2.45, 2.75) is 68.3 Å². The highest BCUT2D eigenvalue weighted by Gasteiger charge is 2.46. The number of ether oxygens (including phenoxy) is 2. The van der Waals surface area contributed by atoms with Crippen LogP contribution in [0.5, 0.6) is 0 Å². The molecule has 2 saturated heterocycles. The Morgan fingerprint density at radius 1 is 0.644 bits per heavy atom. The van der Waals surface area contributed by atoms with Crippen molar-refractivity contribution in [3.63, 3.8) is 0 Å². The maximum Gasteiger partial charge on any atom is 0.207 e. The van der Waals surface area contributed by atoms with Gasteiger partial charge in [0.05, 0.1) is 13.2 Å². The fourth-order valence-corrected chi connectivity index (χ4v) is 5.60. The summed E-state index contributed by atoms with van der Waals surface area (Å²) < 4.78 is 14.4. The maximum atomic E-state index is 10.6. The van der Waals surface area contributed by atoms with Crippen molar-refractivity contribution < 1.29 is 40.1 Å². The average molecular weight is 633 g/mol. The first-order chi connectivity index (χ1) is 21.7. The number of anilines is 4. The van der Waals surface area contributed by atoms with E-state index in [1.54, 1.807) is 0 Å². The lowest BCUT2D eigenvalue weighted by atomic mass is 10.1. The highest BCUT2D eigenvalue weighted by Crippen LogP contribution is 2.36. The van der Waals surface area contributed by atoms with Crippen molar-refractivity contribution in [3.8, 4) is 0 Å². The van der Waals surface area contributed by atoms with Gasteiger partial charge >= 0.3 is 0 Å². The lowest BCUT2D eigenvalue weighted by molar-refractivity contribution is -0.0501. The summed E-state index contributed by atoms with van der Waals surface area (Å²) in [5.41, 5.74) is 13.2. The lowest BCUT2D eigenvalue weighted by Gasteiger charge is -2.20. The molecule has 0 amide bonds. The van der Waals surface area contributed by atoms with Gasteiger partial charge in [-0.15, -0.1) is 0 Å². The Kier molecular flexibility index (Phi) is 8.79. The number of hydrogen-bond acceptors (Lipinski definition) is 18. The van der Waals surface area contributed by atoms with Gasteiger partial charge in [0, 0.05) is 13.1 Å². The third-order valence-electron chi connectivity index (χ3n) is 7.97. The van der Waals surface area contributed by atoms with E-state index in [0.717, 1.165) is 6.42 Å². The second kappa shape index (κ2) is 12.8. The van der Waals surface area contributed by atoms with Gasteiger partial charge in [-0.25, -0.2) is 29.9 Å². The third-order valence-corrected chi connectivity index (χ3v) is 7.97. The normalized spacial score (nSPS) is 28.4. The average Bonchev–Trinajstić information content (AvgIpc) is 3.75. The van der Waals surface area contributed by atoms with Crippen LogP contribution in [0.15, 0.2) is 12.7 Å². The van der Waals surface area contributed by atoms with Crippen LogP contribution in [0.2, 0.25) is 0 Å². The van der Waals surface area contributed by atoms with Crippen LogP contribution in [0.1, 0.15) is 31.7 Å². The predicted octanol–water partition coefficient (Wildman–Crippen LogP) is -2.95. The van der Waals surface area contributed by atoms with Crippen molar-refractivity contribution in [1.82, 2.24) is 39.0 Å². The molecule has 2 aliphatic heterocycles. The number of fused-ring (bicyclic) bond motifs is 2. The molecular weight excluding hydrogens is 596 g/mol. The Hall–Kier alpha value is -4.02. The molecule has 244 valence electrons. The van der Waals surface area contributed by atoms with Gasteiger partial charge in [0.2, 0.25) is 11.9 Å². The largest absolute Gasteiger partial charge is 0.394 e. The van der Waals surface area contributed by atoms with Crippen LogP contribution >= 0.6 is 0 Å². The number of nitrogens with zero attached hydrogens (tertiary/aromatic N) is 8. The minimum Gasteiger partial charge on any atom is -0.394 e. The van der Waals surface area contributed by atoms with E-state index in [2.05, 4.69) is 40.5 Å². The fourth-order valence-electron chi connectivity index (χ4n) is 5.60. The van der Waals surface area contributed by atoms with E-state index in [9.17, 15) is 30.6 Å². The molecule has 6 rings (SSSR count). The van der Waals surface area contributed by atoms with E-state index in [1.165, 1.54) is 21.8 Å². The molecule has 4 aromatic rings. The molecule has 20 nitrogen and oxygen atoms in total. The van der Waals surface area contributed by atoms with Crippen LogP contribution in [-0.4, -0.2) is 133 Å². The predicted molar refractivity (Wildman–Crippen MR) is 156 cm³/mol. The Bertz CT molecular complexity index is 1520. The van der Waals surface area contributed by atoms with E-state index in [4.69, 9.17) is 20.9 Å². The zero-order chi connectivity index (χ0) is 31.8. The van der Waals surface area contributed by atoms with Crippen molar-refractivity contribution in [3.05, 3.63) is 12.7 Å². The van der Waals surface area contributed by atoms with E-state index in [0.29, 0.717) is 60.2 Å². The Balaban J connectivity index is 1.09. The Morgan fingerprint density at radius 2 is 1.07 bits per heavy atom. The van der Waals surface area contributed by atoms with Gasteiger partial charge in [-0.1, -0.05) is 0 Å². The monoisotopic (exact) mass is 632 g/mol. The number of nitrogens with one attached hydrogen (secondary N) is 2. The van der Waals surface area contributed by atoms with Crippen LogP contribution in [0.3, 0.4) is 0 Å². The number of unbranched alkanes of at least 4 members (excludes halogenated alkanes) is 2. The Labute approximate surface area is 254 Å². The van der Waals surface area contributed by atoms with Crippen molar-refractivity contribution in [2.24, 2.45) is 0 Å². The second-order valence-electron chi connectivity index (χ2n) is 10.8. The maximum absolute atomic E-state index is 10.6. The molecule has 0 aliphatic carbocycles. The summed E-state index contributed by atoms with van der Waals surface area (Å²) in [4.78, 5) is 25.4. The van der Waals surface area contributed by atoms with Crippen LogP contribution in [0.4, 0.5) is 23.5 Å². The number of aliphatic hydroxyl groups excluding tert-OH is 6. The third kappa shape index (κ3) is 5.55. The van der Waals surface area contributed by atoms with Gasteiger partial charge in [0.1, 0.15) is 49.3 Å². The number of nitrogen functional groups attached to an aromatic ring is 2. The number of imidazole rings is 2. The second-order valence-corrected chi connectivity index (χ2v) is 10.8. The van der Waals surface area contributed by atoms with Gasteiger partial charge in [0.25, 0.3) is 0 Å². The van der Waals surface area contributed by atoms with Crippen molar-refractivity contribution in [1.29, 1.82) is 0 Å². The van der Waals surface area contributed by atoms with E-state index >= 15 is 0 Å². The molecule has 4 aromatic heterocycles. The lowest BCUT2D eigenvalue weighted by Crippen LogP contribution is -2.33. The van der Waals surface area contributed by atoms with E-state index in [1.807, 2.05) is 0 Å². The van der Waals surface area contributed by atoms with Gasteiger partial charge in [0.15, 0.2) is 46.4 Å². The van der Waals surface area contributed by atoms with Crippen LogP contribution in [0.25, 0.3) is 22.3 Å². The molecule has 6 heterocycles. The number of hydrogen-bond donors (Lipinski definition) is 10. The SMILES string of the molecule is Nc1ncnc2c1nc(NCCCCCNc1nc3c(N)ncnc3n1[C@@H]1O[C@@H](CO)[C@@H](O)[C@H]1O)n2[C@@H]1O[C@@H](CO)[C@@H](O)[C@H]1O. The van der Waals surface area contributed by atoms with Crippen molar-refractivity contribution >= 4 is 45.9 Å². The van der Waals surface area contributed by atoms with Gasteiger partial charge in [-0.3, -0.25) is 9.13 Å². The highest BCUT2D eigenvalue weighted by atomic mass is 16.6. The van der Waals surface area contributed by atoms with E-state index in [-0.39, 0.29) is 11.6 Å². The summed E-state index contributed by atoms with van der Waals surface area (Å²) in [7, 11) is 0. The quantitative estimate of drug-likeness (QED) is 0.0698. The molecule has 2 fully saturated rings. The number of nitrogens with two attached hydrogens (primary N) is 2. The topological polar surface area (TPSA) is 303 Å². The molecule has 8 atom stereocenters. The molecule has 12 N–H and O–H groups in total. The molecule has 0 unspecified atom stereocenters. The number of rotatable bonds is 12. The summed E-state index contributed by atoms with van der Waals surface area (Å²) in [5.74, 6) is 0.873. The number of aromatic nitrogens is 8. The summed E-state index contributed by atoms with van der Waals surface area (Å²) in [6.45, 7) is -0.0191. The van der Waals surface area contributed by atoms with E-state index < -0.39 is 62.3 Å². The van der Waals surface area contributed by atoms with Gasteiger partial charge in [-0.05, 0) is 19.3 Å². The molecule has 20 heteroatoms. The van der Waals surface area contributed by atoms with Crippen molar-refractivity contribution in [2.75, 3.05) is 48.4 Å². The molecule has 0 aromatic carbocycles. The molecule has 0 spiro atoms. The van der Waals surface area contributed by atoms with Gasteiger partial charge in [-0.2, -0.15) is 0 Å². The minimum atomic E-state index is -1.35. The van der Waals surface area contributed by atoms with Gasteiger partial charge < -0.3 is 62.2 Å². The molecule has 0 saturated carbocycles. The summed E-state index contributed by atoms with van der Waals surface area (Å²) in [6.07, 6.45) is -4.74. The zero-order valence-electron chi connectivity index (χ0n) is 24.0. The summed E-state index contributed by atoms with van der Waals surface area (Å²) in [5, 5.41) is 67.4. The Morgan fingerprint density at radius 3 is 1.44 bits per heavy atom. The fraction of sp³-hybridized carbons (Fsp3) is 0.600. The standard InChI is InChI=1S/C25H36N12O8/c26-18-12-20(32-8-30-18)36(22-16(42)14(40)10(6-38)44-22)24(34-12)28-4-2-1-3-5-29-25-35-13-19(27)31-9-33-21(13)37(25)23-17(43)15(41)11(7-39)45-23/h8-11,14-17,22-23,38-43H,1-7H2,(H,28,34)(H,29,35)(H2,26,30,32)(H2,27,31,33)/t10-,11-,14+,15+,16+,17+,22+,23+/m0/s1. The molecule has 2 aliphatic rings. The highest BCUT2D eigenvalue weighted by molar-refractivity contribution is 5.84. The molecular formula is C25H36N12O8. The summed E-state index contributed by atoms with van der Waals surface area (Å²) in [6, 6.07) is 0. The van der Waals surface area contributed by atoms with Crippen LogP contribution < -0.4 is 22.1 Å².